The number of nitrogens with two attached hydrogens (primary N) is 2. The molecule has 8 heteroatoms. The highest BCUT2D eigenvalue weighted by Gasteiger charge is 1.88. The van der Waals surface area contributed by atoms with E-state index >= 15 is 0 Å². The lowest BCUT2D eigenvalue weighted by molar-refractivity contribution is -0.134. The largest absolute Gasteiger partial charge is 0.478 e. The molecule has 0 aliphatic carbocycles. The van der Waals surface area contributed by atoms with E-state index in [2.05, 4.69) is 24.6 Å². The van der Waals surface area contributed by atoms with E-state index in [9.17, 15) is 19.2 Å². The van der Waals surface area contributed by atoms with Crippen molar-refractivity contribution in [1.82, 2.24) is 0 Å². The van der Waals surface area contributed by atoms with Crippen LogP contribution in [-0.2, 0) is 19.2 Å². The molecule has 0 atom stereocenters. The van der Waals surface area contributed by atoms with Gasteiger partial charge in [0.25, 0.3) is 0 Å². The van der Waals surface area contributed by atoms with Crippen LogP contribution >= 0.6 is 0 Å². The van der Waals surface area contributed by atoms with E-state index in [1.54, 1.807) is 0 Å². The Hall–Kier alpha value is -2.90. The van der Waals surface area contributed by atoms with Crippen molar-refractivity contribution in [3.8, 4) is 0 Å². The topological polar surface area (TPSA) is 161 Å². The minimum absolute atomic E-state index is 0.481. The molecule has 0 aliphatic rings. The molecule has 2 amide bonds. The molecule has 0 radical (unpaired) electrons. The molecule has 0 saturated carbocycles. The van der Waals surface area contributed by atoms with Gasteiger partial charge in [-0.1, -0.05) is 13.2 Å². The molecule has 0 unspecified atom stereocenters. The number of carboxylic acid groups (broad SMARTS) is 2. The highest BCUT2D eigenvalue weighted by Crippen LogP contribution is 1.70. The van der Waals surface area contributed by atoms with Gasteiger partial charge in [-0.3, -0.25) is 9.59 Å². The predicted octanol–water partition coefficient (Wildman–Crippen LogP) is -0.973. The average molecular weight is 258 g/mol. The van der Waals surface area contributed by atoms with E-state index in [-0.39, 0.29) is 0 Å². The van der Waals surface area contributed by atoms with Crippen LogP contribution in [0.25, 0.3) is 0 Å². The van der Waals surface area contributed by atoms with E-state index in [4.69, 9.17) is 10.2 Å². The van der Waals surface area contributed by atoms with Gasteiger partial charge in [0, 0.05) is 12.2 Å². The Kier molecular flexibility index (Phi) is 16.1. The van der Waals surface area contributed by atoms with Gasteiger partial charge in [-0.05, 0) is 12.2 Å². The van der Waals surface area contributed by atoms with Gasteiger partial charge in [-0.2, -0.15) is 0 Å². The molecule has 0 heterocycles. The van der Waals surface area contributed by atoms with Crippen molar-refractivity contribution in [2.45, 2.75) is 0 Å². The molecule has 0 aromatic rings. The number of carbonyl (C=O) groups excluding carboxylic acids is 2. The SMILES string of the molecule is C=CC(N)=O.C=CC(N)=O.O=C(O)/C=C/C(=O)O. The highest BCUT2D eigenvalue weighted by molar-refractivity contribution is 5.89. The summed E-state index contributed by atoms with van der Waals surface area (Å²) in [6, 6.07) is 0. The van der Waals surface area contributed by atoms with E-state index in [0.29, 0.717) is 12.2 Å². The third-order valence-electron chi connectivity index (χ3n) is 0.771. The molecule has 0 aromatic carbocycles. The summed E-state index contributed by atoms with van der Waals surface area (Å²) < 4.78 is 0. The van der Waals surface area contributed by atoms with Crippen LogP contribution < -0.4 is 11.5 Å². The first-order valence-corrected chi connectivity index (χ1v) is 4.15. The summed E-state index contributed by atoms with van der Waals surface area (Å²) in [7, 11) is 0. The third-order valence-corrected chi connectivity index (χ3v) is 0.771. The maximum Gasteiger partial charge on any atom is 0.328 e. The van der Waals surface area contributed by atoms with Crippen molar-refractivity contribution in [3.05, 3.63) is 37.5 Å². The molecule has 18 heavy (non-hydrogen) atoms. The molecule has 0 saturated heterocycles. The first-order valence-electron chi connectivity index (χ1n) is 4.15. The normalized spacial score (nSPS) is 7.78. The van der Waals surface area contributed by atoms with Crippen LogP contribution in [-0.4, -0.2) is 34.0 Å². The molecule has 0 spiro atoms. The quantitative estimate of drug-likeness (QED) is 0.474. The van der Waals surface area contributed by atoms with Crippen LogP contribution in [0.3, 0.4) is 0 Å². The fraction of sp³-hybridized carbons (Fsp3) is 0. The van der Waals surface area contributed by atoms with Crippen molar-refractivity contribution in [1.29, 1.82) is 0 Å². The van der Waals surface area contributed by atoms with Gasteiger partial charge >= 0.3 is 11.9 Å². The summed E-state index contributed by atoms with van der Waals surface area (Å²) in [6.07, 6.45) is 3.23. The number of hydrogen-bond acceptors (Lipinski definition) is 4. The number of hydrogen-bond donors (Lipinski definition) is 4. The number of primary amides is 2. The zero-order valence-corrected chi connectivity index (χ0v) is 9.41. The lowest BCUT2D eigenvalue weighted by Crippen LogP contribution is -2.04. The number of rotatable bonds is 4. The molecule has 6 N–H and O–H groups in total. The fourth-order valence-electron chi connectivity index (χ4n) is 0.143. The van der Waals surface area contributed by atoms with Crippen LogP contribution in [0.1, 0.15) is 0 Å². The van der Waals surface area contributed by atoms with Crippen molar-refractivity contribution in [2.75, 3.05) is 0 Å². The Morgan fingerprint density at radius 3 is 1.00 bits per heavy atom. The lowest BCUT2D eigenvalue weighted by atomic mass is 10.5. The van der Waals surface area contributed by atoms with Crippen LogP contribution in [0.4, 0.5) is 0 Å². The van der Waals surface area contributed by atoms with Gasteiger partial charge in [0.2, 0.25) is 11.8 Å². The van der Waals surface area contributed by atoms with Crippen LogP contribution in [0.15, 0.2) is 37.5 Å². The Bertz CT molecular complexity index is 325. The van der Waals surface area contributed by atoms with Gasteiger partial charge in [-0.25, -0.2) is 9.59 Å². The average Bonchev–Trinajstić information content (AvgIpc) is 2.27. The maximum absolute atomic E-state index is 9.55. The fourth-order valence-corrected chi connectivity index (χ4v) is 0.143. The summed E-state index contributed by atoms with van der Waals surface area (Å²) in [5.41, 5.74) is 9.07. The van der Waals surface area contributed by atoms with E-state index in [1.807, 2.05) is 0 Å². The first kappa shape index (κ1) is 20.5. The second-order valence-corrected chi connectivity index (χ2v) is 2.22. The molecular formula is C10H14N2O6. The summed E-state index contributed by atoms with van der Waals surface area (Å²) in [5, 5.41) is 15.6. The Labute approximate surface area is 103 Å². The van der Waals surface area contributed by atoms with Crippen molar-refractivity contribution < 1.29 is 29.4 Å². The number of carbonyl (C=O) groups is 4. The second kappa shape index (κ2) is 14.1. The van der Waals surface area contributed by atoms with Crippen LogP contribution in [0.2, 0.25) is 0 Å². The van der Waals surface area contributed by atoms with E-state index < -0.39 is 23.8 Å². The molecule has 0 bridgehead atoms. The van der Waals surface area contributed by atoms with Gasteiger partial charge in [0.1, 0.15) is 0 Å². The molecule has 0 aromatic heterocycles. The van der Waals surface area contributed by atoms with Gasteiger partial charge in [0.15, 0.2) is 0 Å². The Morgan fingerprint density at radius 1 is 0.778 bits per heavy atom. The standard InChI is InChI=1S/C4H4O4.2C3H5NO/c5-3(6)1-2-4(7)8;2*1-2-3(4)5/h1-2H,(H,5,6)(H,7,8);2*2H,1H2,(H2,4,5)/b2-1+;;. The van der Waals surface area contributed by atoms with Crippen LogP contribution in [0.5, 0.6) is 0 Å². The van der Waals surface area contributed by atoms with Crippen molar-refractivity contribution in [3.63, 3.8) is 0 Å². The summed E-state index contributed by atoms with van der Waals surface area (Å²) in [6.45, 7) is 6.17. The number of amides is 2. The zero-order chi connectivity index (χ0) is 15.1. The molecule has 8 nitrogen and oxygen atoms in total. The third kappa shape index (κ3) is 51.5. The smallest absolute Gasteiger partial charge is 0.328 e. The van der Waals surface area contributed by atoms with Gasteiger partial charge < -0.3 is 21.7 Å². The monoisotopic (exact) mass is 258 g/mol. The summed E-state index contributed by atoms with van der Waals surface area (Å²) >= 11 is 0. The van der Waals surface area contributed by atoms with Crippen molar-refractivity contribution >= 4 is 23.8 Å². The van der Waals surface area contributed by atoms with Gasteiger partial charge in [0.05, 0.1) is 0 Å². The molecular weight excluding hydrogens is 244 g/mol. The molecule has 0 fully saturated rings. The minimum Gasteiger partial charge on any atom is -0.478 e. The van der Waals surface area contributed by atoms with E-state index in [1.165, 1.54) is 0 Å². The minimum atomic E-state index is -1.26. The van der Waals surface area contributed by atoms with Crippen molar-refractivity contribution in [2.24, 2.45) is 11.5 Å². The van der Waals surface area contributed by atoms with E-state index in [0.717, 1.165) is 12.2 Å². The molecule has 100 valence electrons. The first-order chi connectivity index (χ1) is 8.17. The second-order valence-electron chi connectivity index (χ2n) is 2.22. The Morgan fingerprint density at radius 2 is 0.944 bits per heavy atom. The number of carboxylic acids is 2. The Balaban J connectivity index is -0.000000197. The summed E-state index contributed by atoms with van der Waals surface area (Å²) in [4.78, 5) is 38.1. The number of aliphatic carboxylic acids is 2. The zero-order valence-electron chi connectivity index (χ0n) is 9.41. The van der Waals surface area contributed by atoms with Crippen LogP contribution in [0, 0.1) is 0 Å². The highest BCUT2D eigenvalue weighted by atomic mass is 16.4. The lowest BCUT2D eigenvalue weighted by Gasteiger charge is -1.74. The van der Waals surface area contributed by atoms with Gasteiger partial charge in [-0.15, -0.1) is 0 Å². The maximum atomic E-state index is 9.55. The summed E-state index contributed by atoms with van der Waals surface area (Å²) in [5.74, 6) is -3.48. The molecule has 0 aliphatic heterocycles. The molecule has 0 rings (SSSR count). The predicted molar refractivity (Wildman–Crippen MR) is 63.2 cm³/mol.